The van der Waals surface area contributed by atoms with Crippen LogP contribution in [-0.2, 0) is 9.59 Å². The lowest BCUT2D eigenvalue weighted by Crippen LogP contribution is -2.42. The van der Waals surface area contributed by atoms with E-state index in [-0.39, 0.29) is 5.91 Å². The second kappa shape index (κ2) is 11.8. The maximum Gasteiger partial charge on any atom is 0.227 e. The van der Waals surface area contributed by atoms with Crippen LogP contribution in [0.4, 0.5) is 28.8 Å². The molecule has 0 bridgehead atoms. The second-order valence-electron chi connectivity index (χ2n) is 9.30. The minimum atomic E-state index is 0.00761. The number of rotatable bonds is 6. The summed E-state index contributed by atoms with van der Waals surface area (Å²) in [4.78, 5) is 34.6. The van der Waals surface area contributed by atoms with Gasteiger partial charge in [-0.05, 0) is 51.0 Å². The van der Waals surface area contributed by atoms with Crippen LogP contribution in [0.3, 0.4) is 0 Å². The molecule has 35 heavy (non-hydrogen) atoms. The lowest BCUT2D eigenvalue weighted by atomic mass is 10.0. The highest BCUT2D eigenvalue weighted by Crippen LogP contribution is 2.40. The van der Waals surface area contributed by atoms with Gasteiger partial charge in [-0.15, -0.1) is 0 Å². The zero-order valence-corrected chi connectivity index (χ0v) is 21.2. The van der Waals surface area contributed by atoms with E-state index in [1.807, 2.05) is 31.2 Å². The van der Waals surface area contributed by atoms with Crippen molar-refractivity contribution in [1.29, 1.82) is 0 Å². The number of aromatic nitrogens is 2. The summed E-state index contributed by atoms with van der Waals surface area (Å²) >= 11 is 0. The number of likely N-dealkylation sites (tertiary alicyclic amines) is 1. The van der Waals surface area contributed by atoms with Crippen LogP contribution in [0.1, 0.15) is 45.1 Å². The molecule has 1 unspecified atom stereocenters. The standard InChI is InChI=1S/C25H35N7O.CH2O/c1-6-16(2)14-22(33)28-21-9-7-8-20-23(21)29-24-19(17(3)27-20)15-26-25(30-24)32(5)18-10-12-31(4)13-11-18;1-2/h7-9,15-16,18,27H,3,6,10-14H2,1-2,4-5H3,(H,28,33)(H,26,29,30);1H2. The highest BCUT2D eigenvalue weighted by molar-refractivity contribution is 6.01. The molecule has 3 heterocycles. The third-order valence-corrected chi connectivity index (χ3v) is 6.75. The van der Waals surface area contributed by atoms with E-state index in [2.05, 4.69) is 65.3 Å². The summed E-state index contributed by atoms with van der Waals surface area (Å²) in [6, 6.07) is 6.19. The third kappa shape index (κ3) is 6.16. The summed E-state index contributed by atoms with van der Waals surface area (Å²) in [5, 5.41) is 9.88. The number of benzene rings is 1. The summed E-state index contributed by atoms with van der Waals surface area (Å²) in [6.45, 7) is 12.5. The Hall–Kier alpha value is -3.46. The summed E-state index contributed by atoms with van der Waals surface area (Å²) in [6.07, 6.45) is 5.45. The largest absolute Gasteiger partial charge is 0.354 e. The number of anilines is 5. The summed E-state index contributed by atoms with van der Waals surface area (Å²) < 4.78 is 0. The molecule has 9 nitrogen and oxygen atoms in total. The van der Waals surface area contributed by atoms with Crippen molar-refractivity contribution in [3.05, 3.63) is 36.5 Å². The molecule has 1 atom stereocenters. The van der Waals surface area contributed by atoms with Crippen LogP contribution in [0.15, 0.2) is 31.0 Å². The fraction of sp³-hybridized carbons (Fsp3) is 0.462. The number of nitrogens with one attached hydrogen (secondary N) is 3. The minimum Gasteiger partial charge on any atom is -0.354 e. The van der Waals surface area contributed by atoms with Crippen molar-refractivity contribution < 1.29 is 9.59 Å². The van der Waals surface area contributed by atoms with Gasteiger partial charge in [-0.25, -0.2) is 4.98 Å². The van der Waals surface area contributed by atoms with Crippen LogP contribution in [0.25, 0.3) is 5.70 Å². The molecule has 0 saturated carbocycles. The van der Waals surface area contributed by atoms with Crippen molar-refractivity contribution in [2.24, 2.45) is 5.92 Å². The molecule has 2 aliphatic heterocycles. The van der Waals surface area contributed by atoms with Gasteiger partial charge < -0.3 is 30.5 Å². The first kappa shape index (κ1) is 26.2. The van der Waals surface area contributed by atoms with E-state index in [1.54, 1.807) is 0 Å². The Balaban J connectivity index is 0.00000167. The number of hydrogen-bond donors (Lipinski definition) is 3. The first-order valence-corrected chi connectivity index (χ1v) is 12.1. The topological polar surface area (TPSA) is 102 Å². The Bertz CT molecular complexity index is 1050. The lowest BCUT2D eigenvalue weighted by Gasteiger charge is -2.35. The van der Waals surface area contributed by atoms with Gasteiger partial charge in [0.1, 0.15) is 12.6 Å². The van der Waals surface area contributed by atoms with E-state index in [0.29, 0.717) is 35.8 Å². The average Bonchev–Trinajstić information content (AvgIpc) is 3.01. The van der Waals surface area contributed by atoms with Gasteiger partial charge in [0.05, 0.1) is 22.6 Å². The van der Waals surface area contributed by atoms with Gasteiger partial charge in [-0.1, -0.05) is 32.9 Å². The van der Waals surface area contributed by atoms with Gasteiger partial charge in [0.2, 0.25) is 11.9 Å². The van der Waals surface area contributed by atoms with Crippen LogP contribution in [0.5, 0.6) is 0 Å². The van der Waals surface area contributed by atoms with Gasteiger partial charge in [-0.3, -0.25) is 4.79 Å². The molecule has 4 rings (SSSR count). The number of amides is 1. The Morgan fingerprint density at radius 3 is 2.69 bits per heavy atom. The Morgan fingerprint density at radius 2 is 2.00 bits per heavy atom. The molecule has 188 valence electrons. The van der Waals surface area contributed by atoms with Gasteiger partial charge in [0.15, 0.2) is 0 Å². The van der Waals surface area contributed by atoms with E-state index < -0.39 is 0 Å². The number of carbonyl (C=O) groups is 2. The van der Waals surface area contributed by atoms with Gasteiger partial charge in [-0.2, -0.15) is 4.98 Å². The molecule has 0 spiro atoms. The fourth-order valence-corrected chi connectivity index (χ4v) is 4.31. The van der Waals surface area contributed by atoms with Gasteiger partial charge in [0, 0.05) is 31.4 Å². The summed E-state index contributed by atoms with van der Waals surface area (Å²) in [5.41, 5.74) is 3.86. The van der Waals surface area contributed by atoms with Crippen molar-refractivity contribution in [3.8, 4) is 0 Å². The summed E-state index contributed by atoms with van der Waals surface area (Å²) in [7, 11) is 4.23. The average molecular weight is 480 g/mol. The van der Waals surface area contributed by atoms with Crippen LogP contribution in [0, 0.1) is 5.92 Å². The van der Waals surface area contributed by atoms with E-state index in [4.69, 9.17) is 9.78 Å². The first-order chi connectivity index (χ1) is 16.9. The molecule has 1 fully saturated rings. The fourth-order valence-electron chi connectivity index (χ4n) is 4.31. The highest BCUT2D eigenvalue weighted by atomic mass is 16.1. The molecule has 1 aromatic carbocycles. The maximum absolute atomic E-state index is 12.6. The molecule has 9 heteroatoms. The van der Waals surface area contributed by atoms with Crippen molar-refractivity contribution in [3.63, 3.8) is 0 Å². The van der Waals surface area contributed by atoms with E-state index in [9.17, 15) is 4.79 Å². The Kier molecular flexibility index (Phi) is 8.81. The molecule has 2 aromatic rings. The number of hydrogen-bond acceptors (Lipinski definition) is 8. The van der Waals surface area contributed by atoms with Crippen molar-refractivity contribution in [1.82, 2.24) is 14.9 Å². The lowest BCUT2D eigenvalue weighted by molar-refractivity contribution is -0.117. The SMILES string of the molecule is C=C1Nc2cccc(NC(=O)CC(C)CC)c2Nc2nc(N(C)C3CCN(C)CC3)ncc21.C=O. The van der Waals surface area contributed by atoms with E-state index in [1.165, 1.54) is 0 Å². The predicted molar refractivity (Wildman–Crippen MR) is 143 cm³/mol. The van der Waals surface area contributed by atoms with Gasteiger partial charge >= 0.3 is 0 Å². The number of carbonyl (C=O) groups excluding carboxylic acids is 2. The molecule has 2 aliphatic rings. The molecular formula is C26H37N7O2. The number of fused-ring (bicyclic) bond motifs is 2. The zero-order valence-electron chi connectivity index (χ0n) is 21.2. The number of nitrogens with zero attached hydrogens (tertiary/aromatic N) is 4. The smallest absolute Gasteiger partial charge is 0.227 e. The Morgan fingerprint density at radius 1 is 1.29 bits per heavy atom. The van der Waals surface area contributed by atoms with Crippen LogP contribution < -0.4 is 20.9 Å². The van der Waals surface area contributed by atoms with Crippen LogP contribution >= 0.6 is 0 Å². The normalized spacial score (nSPS) is 16.3. The highest BCUT2D eigenvalue weighted by Gasteiger charge is 2.25. The van der Waals surface area contributed by atoms with Gasteiger partial charge in [0.25, 0.3) is 0 Å². The molecule has 3 N–H and O–H groups in total. The maximum atomic E-state index is 12.6. The van der Waals surface area contributed by atoms with Crippen molar-refractivity contribution in [2.45, 2.75) is 45.6 Å². The monoisotopic (exact) mass is 479 g/mol. The zero-order chi connectivity index (χ0) is 25.5. The minimum absolute atomic E-state index is 0.00761. The molecule has 0 aliphatic carbocycles. The van der Waals surface area contributed by atoms with Crippen LogP contribution in [-0.4, -0.2) is 60.8 Å². The van der Waals surface area contributed by atoms with E-state index in [0.717, 1.165) is 55.0 Å². The molecule has 0 radical (unpaired) electrons. The molecule has 1 amide bonds. The number of para-hydroxylation sites is 1. The Labute approximate surface area is 208 Å². The van der Waals surface area contributed by atoms with Crippen LogP contribution in [0.2, 0.25) is 0 Å². The molecule has 1 saturated heterocycles. The first-order valence-electron chi connectivity index (χ1n) is 12.1. The predicted octanol–water partition coefficient (Wildman–Crippen LogP) is 4.34. The quantitative estimate of drug-likeness (QED) is 0.562. The second-order valence-corrected chi connectivity index (χ2v) is 9.30. The molecular weight excluding hydrogens is 442 g/mol. The van der Waals surface area contributed by atoms with E-state index >= 15 is 0 Å². The third-order valence-electron chi connectivity index (χ3n) is 6.75. The number of piperidine rings is 1. The molecule has 1 aromatic heterocycles. The van der Waals surface area contributed by atoms with Crippen molar-refractivity contribution in [2.75, 3.05) is 48.0 Å². The van der Waals surface area contributed by atoms with Crippen molar-refractivity contribution >= 4 is 47.2 Å². The summed E-state index contributed by atoms with van der Waals surface area (Å²) in [5.74, 6) is 1.71.